The van der Waals surface area contributed by atoms with Crippen LogP contribution in [0.1, 0.15) is 5.56 Å². The lowest BCUT2D eigenvalue weighted by atomic mass is 10.1. The Hall–Kier alpha value is -1.35. The van der Waals surface area contributed by atoms with E-state index in [9.17, 15) is 23.1 Å². The summed E-state index contributed by atoms with van der Waals surface area (Å²) in [7, 11) is 0. The number of nitrogens with one attached hydrogen (secondary N) is 1. The van der Waals surface area contributed by atoms with Gasteiger partial charge < -0.3 is 10.1 Å². The average molecular weight is 414 g/mol. The predicted molar refractivity (Wildman–Crippen MR) is 72.4 cm³/mol. The van der Waals surface area contributed by atoms with Gasteiger partial charge in [0, 0.05) is 10.0 Å². The molecule has 20 heavy (non-hydrogen) atoms. The van der Waals surface area contributed by atoms with Gasteiger partial charge in [-0.3, -0.25) is 4.79 Å². The molecule has 2 aromatic rings. The zero-order valence-electron chi connectivity index (χ0n) is 9.42. The number of hydrogen-bond acceptors (Lipinski definition) is 3. The molecule has 0 amide bonds. The first-order valence-electron chi connectivity index (χ1n) is 5.06. The van der Waals surface area contributed by atoms with Gasteiger partial charge in [-0.15, -0.1) is 0 Å². The van der Waals surface area contributed by atoms with E-state index in [1.807, 2.05) is 0 Å². The van der Waals surface area contributed by atoms with E-state index in [1.165, 1.54) is 6.07 Å². The summed E-state index contributed by atoms with van der Waals surface area (Å²) in [5.74, 6) is -1.05. The van der Waals surface area contributed by atoms with Crippen LogP contribution in [0.2, 0.25) is 0 Å². The van der Waals surface area contributed by atoms with Crippen molar-refractivity contribution >= 4 is 31.9 Å². The molecule has 0 aliphatic carbocycles. The summed E-state index contributed by atoms with van der Waals surface area (Å²) < 4.78 is 38.9. The normalized spacial score (nSPS) is 11.7. The second kappa shape index (κ2) is 5.21. The van der Waals surface area contributed by atoms with Crippen molar-refractivity contribution < 1.29 is 18.3 Å². The van der Waals surface area contributed by atoms with E-state index in [4.69, 9.17) is 0 Å². The van der Waals surface area contributed by atoms with Crippen molar-refractivity contribution in [1.29, 1.82) is 0 Å². The zero-order chi connectivity index (χ0) is 15.1. The summed E-state index contributed by atoms with van der Waals surface area (Å²) in [5, 5.41) is 9.42. The highest BCUT2D eigenvalue weighted by Crippen LogP contribution is 2.37. The Kier molecular flexibility index (Phi) is 3.92. The number of hydrogen-bond donors (Lipinski definition) is 2. The lowest BCUT2D eigenvalue weighted by Gasteiger charge is -2.13. The van der Waals surface area contributed by atoms with Gasteiger partial charge in [0.05, 0.1) is 5.56 Å². The predicted octanol–water partition coefficient (Wildman–Crippen LogP) is 3.69. The molecule has 9 heteroatoms. The van der Waals surface area contributed by atoms with Gasteiger partial charge in [-0.25, -0.2) is 0 Å². The fourth-order valence-corrected chi connectivity index (χ4v) is 2.08. The molecule has 0 fully saturated rings. The van der Waals surface area contributed by atoms with E-state index in [1.54, 1.807) is 0 Å². The van der Waals surface area contributed by atoms with Crippen LogP contribution in [0.25, 0.3) is 11.4 Å². The number of alkyl halides is 3. The maximum Gasteiger partial charge on any atom is 0.417 e. The van der Waals surface area contributed by atoms with Crippen molar-refractivity contribution in [2.75, 3.05) is 0 Å². The van der Waals surface area contributed by atoms with Crippen molar-refractivity contribution in [3.05, 3.63) is 43.1 Å². The largest absolute Gasteiger partial charge is 0.492 e. The lowest BCUT2D eigenvalue weighted by Crippen LogP contribution is -2.13. The fraction of sp³-hybridized carbons (Fsp3) is 0.0909. The highest BCUT2D eigenvalue weighted by atomic mass is 79.9. The SMILES string of the molecule is O=c1[nH]c(-c2ccc(Br)cc2C(F)(F)F)nc(O)c1Br. The summed E-state index contributed by atoms with van der Waals surface area (Å²) >= 11 is 5.72. The molecule has 106 valence electrons. The third-order valence-electron chi connectivity index (χ3n) is 2.39. The number of aromatic hydroxyl groups is 1. The van der Waals surface area contributed by atoms with Crippen molar-refractivity contribution in [1.82, 2.24) is 9.97 Å². The fourth-order valence-electron chi connectivity index (χ4n) is 1.53. The van der Waals surface area contributed by atoms with E-state index in [0.29, 0.717) is 0 Å². The minimum Gasteiger partial charge on any atom is -0.492 e. The Bertz CT molecular complexity index is 729. The van der Waals surface area contributed by atoms with E-state index in [-0.39, 0.29) is 20.3 Å². The first-order chi connectivity index (χ1) is 9.20. The summed E-state index contributed by atoms with van der Waals surface area (Å²) in [5.41, 5.74) is -2.08. The van der Waals surface area contributed by atoms with Crippen molar-refractivity contribution in [3.8, 4) is 17.3 Å². The minimum atomic E-state index is -4.62. The molecule has 1 heterocycles. The number of aromatic nitrogens is 2. The monoisotopic (exact) mass is 412 g/mol. The van der Waals surface area contributed by atoms with Crippen LogP contribution in [-0.4, -0.2) is 15.1 Å². The minimum absolute atomic E-state index is 0.234. The summed E-state index contributed by atoms with van der Waals surface area (Å²) in [4.78, 5) is 17.2. The maximum atomic E-state index is 13.0. The van der Waals surface area contributed by atoms with Crippen molar-refractivity contribution in [3.63, 3.8) is 0 Å². The molecule has 4 nitrogen and oxygen atoms in total. The molecule has 1 aromatic carbocycles. The van der Waals surface area contributed by atoms with E-state index in [2.05, 4.69) is 41.8 Å². The Morgan fingerprint density at radius 3 is 2.45 bits per heavy atom. The third kappa shape index (κ3) is 2.88. The first kappa shape index (κ1) is 15.0. The molecule has 0 atom stereocenters. The van der Waals surface area contributed by atoms with Gasteiger partial charge in [0.25, 0.3) is 5.56 Å². The van der Waals surface area contributed by atoms with Crippen molar-refractivity contribution in [2.45, 2.75) is 6.18 Å². The molecular weight excluding hydrogens is 409 g/mol. The summed E-state index contributed by atoms with van der Waals surface area (Å²) in [6.45, 7) is 0. The molecule has 0 aliphatic rings. The third-order valence-corrected chi connectivity index (χ3v) is 3.60. The van der Waals surface area contributed by atoms with Crippen LogP contribution in [0.15, 0.2) is 31.9 Å². The first-order valence-corrected chi connectivity index (χ1v) is 6.64. The van der Waals surface area contributed by atoms with Gasteiger partial charge in [0.1, 0.15) is 10.3 Å². The molecule has 0 saturated carbocycles. The maximum absolute atomic E-state index is 13.0. The van der Waals surface area contributed by atoms with Gasteiger partial charge >= 0.3 is 6.18 Å². The number of halogens is 5. The number of H-pyrrole nitrogens is 1. The summed E-state index contributed by atoms with van der Waals surface area (Å²) in [6.07, 6.45) is -4.62. The Labute approximate surface area is 126 Å². The second-order valence-electron chi connectivity index (χ2n) is 3.74. The van der Waals surface area contributed by atoms with Gasteiger partial charge in [-0.1, -0.05) is 15.9 Å². The molecular formula is C11H5Br2F3N2O2. The van der Waals surface area contributed by atoms with E-state index in [0.717, 1.165) is 12.1 Å². The zero-order valence-corrected chi connectivity index (χ0v) is 12.6. The Balaban J connectivity index is 2.74. The lowest BCUT2D eigenvalue weighted by molar-refractivity contribution is -0.137. The molecule has 0 saturated heterocycles. The molecule has 0 spiro atoms. The Morgan fingerprint density at radius 1 is 1.25 bits per heavy atom. The number of nitrogens with zero attached hydrogens (tertiary/aromatic N) is 1. The van der Waals surface area contributed by atoms with Gasteiger partial charge in [0.2, 0.25) is 5.88 Å². The standard InChI is InChI=1S/C11H5Br2F3N2O2/c12-4-1-2-5(6(3-4)11(14,15)16)8-17-9(19)7(13)10(20)18-8/h1-3H,(H2,17,18,19,20). The highest BCUT2D eigenvalue weighted by Gasteiger charge is 2.34. The van der Waals surface area contributed by atoms with Crippen molar-refractivity contribution in [2.24, 2.45) is 0 Å². The topological polar surface area (TPSA) is 66.0 Å². The highest BCUT2D eigenvalue weighted by molar-refractivity contribution is 9.10. The number of aromatic amines is 1. The number of rotatable bonds is 1. The van der Waals surface area contributed by atoms with Crippen LogP contribution in [0, 0.1) is 0 Å². The van der Waals surface area contributed by atoms with E-state index >= 15 is 0 Å². The molecule has 0 bridgehead atoms. The Morgan fingerprint density at radius 2 is 1.90 bits per heavy atom. The van der Waals surface area contributed by atoms with Gasteiger partial charge in [0.15, 0.2) is 0 Å². The second-order valence-corrected chi connectivity index (χ2v) is 5.45. The summed E-state index contributed by atoms with van der Waals surface area (Å²) in [6, 6.07) is 3.40. The van der Waals surface area contributed by atoms with Crippen LogP contribution >= 0.6 is 31.9 Å². The van der Waals surface area contributed by atoms with Gasteiger partial charge in [-0.05, 0) is 34.1 Å². The van der Waals surface area contributed by atoms with E-state index < -0.39 is 23.2 Å². The van der Waals surface area contributed by atoms with Crippen LogP contribution in [0.5, 0.6) is 5.88 Å². The number of benzene rings is 1. The van der Waals surface area contributed by atoms with Crippen LogP contribution in [0.3, 0.4) is 0 Å². The van der Waals surface area contributed by atoms with Crippen LogP contribution < -0.4 is 5.56 Å². The molecule has 0 unspecified atom stereocenters. The smallest absolute Gasteiger partial charge is 0.417 e. The average Bonchev–Trinajstić information content (AvgIpc) is 2.34. The van der Waals surface area contributed by atoms with Gasteiger partial charge in [-0.2, -0.15) is 18.2 Å². The molecule has 1 aromatic heterocycles. The molecule has 2 N–H and O–H groups in total. The molecule has 2 rings (SSSR count). The van der Waals surface area contributed by atoms with Crippen LogP contribution in [-0.2, 0) is 6.18 Å². The van der Waals surface area contributed by atoms with Crippen LogP contribution in [0.4, 0.5) is 13.2 Å². The molecule has 0 radical (unpaired) electrons. The quantitative estimate of drug-likeness (QED) is 0.749. The molecule has 0 aliphatic heterocycles.